The van der Waals surface area contributed by atoms with Crippen LogP contribution in [0.4, 0.5) is 18.0 Å². The molecule has 150 valence electrons. The van der Waals surface area contributed by atoms with Gasteiger partial charge >= 0.3 is 18.2 Å². The number of aromatic hydroxyl groups is 1. The molecule has 0 unspecified atom stereocenters. The van der Waals surface area contributed by atoms with Crippen LogP contribution < -0.4 is 15.4 Å². The Hall–Kier alpha value is -2.69. The zero-order chi connectivity index (χ0) is 20.4. The maximum absolute atomic E-state index is 13.5. The maximum atomic E-state index is 13.5. The first-order chi connectivity index (χ1) is 12.5. The van der Waals surface area contributed by atoms with E-state index >= 15 is 0 Å². The van der Waals surface area contributed by atoms with E-state index in [9.17, 15) is 33.0 Å². The molecule has 0 bridgehead atoms. The number of alkyl halides is 3. The summed E-state index contributed by atoms with van der Waals surface area (Å²) in [5.41, 5.74) is -3.84. The highest BCUT2D eigenvalue weighted by Crippen LogP contribution is 2.44. The Morgan fingerprint density at radius 3 is 2.52 bits per heavy atom. The number of carbonyl (C=O) groups excluding carboxylic acids is 2. The van der Waals surface area contributed by atoms with Crippen LogP contribution in [0.2, 0.25) is 0 Å². The van der Waals surface area contributed by atoms with E-state index in [-0.39, 0.29) is 30.3 Å². The number of rotatable bonds is 5. The third-order valence-corrected chi connectivity index (χ3v) is 3.99. The van der Waals surface area contributed by atoms with Gasteiger partial charge in [0.1, 0.15) is 5.92 Å². The van der Waals surface area contributed by atoms with Crippen LogP contribution in [0.3, 0.4) is 0 Å². The molecule has 1 aliphatic rings. The first-order valence-electron chi connectivity index (χ1n) is 8.05. The highest BCUT2D eigenvalue weighted by molar-refractivity contribution is 5.83. The minimum Gasteiger partial charge on any atom is -0.504 e. The predicted molar refractivity (Wildman–Crippen MR) is 84.8 cm³/mol. The largest absolute Gasteiger partial charge is 0.504 e. The van der Waals surface area contributed by atoms with Crippen molar-refractivity contribution in [1.29, 1.82) is 0 Å². The van der Waals surface area contributed by atoms with Crippen LogP contribution in [0.25, 0.3) is 0 Å². The molecular formula is C16H19F3N2O6. The third kappa shape index (κ3) is 3.87. The number of phenolic OH excluding ortho intramolecular Hbond substituents is 1. The summed E-state index contributed by atoms with van der Waals surface area (Å²) in [6.07, 6.45) is -5.36. The van der Waals surface area contributed by atoms with E-state index in [2.05, 4.69) is 10.1 Å². The van der Waals surface area contributed by atoms with Gasteiger partial charge in [-0.15, -0.1) is 0 Å². The number of halogens is 3. The molecule has 11 heteroatoms. The van der Waals surface area contributed by atoms with E-state index in [0.717, 1.165) is 6.07 Å². The number of nitrogens with one attached hydrogen (secondary N) is 2. The number of hydrogen-bond donors (Lipinski definition) is 4. The van der Waals surface area contributed by atoms with Gasteiger partial charge in [0.05, 0.1) is 19.3 Å². The number of benzene rings is 1. The lowest BCUT2D eigenvalue weighted by Gasteiger charge is -2.44. The van der Waals surface area contributed by atoms with Crippen LogP contribution in [0.15, 0.2) is 18.2 Å². The smallest absolute Gasteiger partial charge is 0.437 e. The molecule has 1 aromatic rings. The zero-order valence-electron chi connectivity index (χ0n) is 14.5. The number of ether oxygens (including phenoxy) is 2. The van der Waals surface area contributed by atoms with Gasteiger partial charge < -0.3 is 30.3 Å². The molecule has 1 aliphatic heterocycles. The van der Waals surface area contributed by atoms with Gasteiger partial charge in [-0.2, -0.15) is 13.2 Å². The Balaban J connectivity index is 2.58. The summed E-state index contributed by atoms with van der Waals surface area (Å²) in [5.74, 6) is -3.93. The van der Waals surface area contributed by atoms with Crippen molar-refractivity contribution in [2.75, 3.05) is 13.2 Å². The zero-order valence-corrected chi connectivity index (χ0v) is 14.5. The first kappa shape index (κ1) is 20.6. The maximum Gasteiger partial charge on any atom is 0.437 e. The van der Waals surface area contributed by atoms with Crippen molar-refractivity contribution in [1.82, 2.24) is 10.6 Å². The van der Waals surface area contributed by atoms with Crippen LogP contribution >= 0.6 is 0 Å². The number of hydrogen-bond acceptors (Lipinski definition) is 6. The van der Waals surface area contributed by atoms with Crippen LogP contribution in [-0.2, 0) is 9.53 Å². The number of amides is 2. The van der Waals surface area contributed by atoms with Crippen molar-refractivity contribution in [3.63, 3.8) is 0 Å². The highest BCUT2D eigenvalue weighted by atomic mass is 19.4. The van der Waals surface area contributed by atoms with E-state index < -0.39 is 35.9 Å². The molecule has 0 aliphatic carbocycles. The van der Waals surface area contributed by atoms with E-state index in [1.165, 1.54) is 24.4 Å². The fourth-order valence-electron chi connectivity index (χ4n) is 2.81. The Kier molecular flexibility index (Phi) is 5.73. The van der Waals surface area contributed by atoms with Gasteiger partial charge in [0.15, 0.2) is 11.5 Å². The highest BCUT2D eigenvalue weighted by Gasteiger charge is 2.67. The lowest BCUT2D eigenvalue weighted by atomic mass is 9.82. The second-order valence-electron chi connectivity index (χ2n) is 5.73. The number of phenols is 1. The molecule has 27 heavy (non-hydrogen) atoms. The summed E-state index contributed by atoms with van der Waals surface area (Å²) >= 11 is 0. The average molecular weight is 392 g/mol. The molecule has 3 atom stereocenters. The number of aliphatic hydroxyl groups is 1. The van der Waals surface area contributed by atoms with Gasteiger partial charge in [-0.05, 0) is 31.5 Å². The standard InChI is InChI=1S/C16H19F3N2O6/c1-3-26-10-7-8(5-6-9(10)22)12-11(13(23)27-4-2)15(25,16(17,18)19)21-14(24)20-12/h5-7,11-12,22,25H,3-4H2,1-2H3,(H2,20,21,24)/t11-,12+,15+/m0/s1. The minimum atomic E-state index is -5.36. The van der Waals surface area contributed by atoms with Crippen molar-refractivity contribution in [2.45, 2.75) is 31.8 Å². The molecule has 1 aromatic carbocycles. The summed E-state index contributed by atoms with van der Waals surface area (Å²) in [5, 5.41) is 23.5. The minimum absolute atomic E-state index is 0.00632. The molecule has 1 fully saturated rings. The van der Waals surface area contributed by atoms with E-state index in [1.807, 2.05) is 0 Å². The normalized spacial score (nSPS) is 25.3. The number of carbonyl (C=O) groups is 2. The molecule has 4 N–H and O–H groups in total. The lowest BCUT2D eigenvalue weighted by molar-refractivity contribution is -0.294. The predicted octanol–water partition coefficient (Wildman–Crippen LogP) is 1.57. The third-order valence-electron chi connectivity index (χ3n) is 3.99. The molecule has 2 amide bonds. The van der Waals surface area contributed by atoms with Crippen LogP contribution in [0.1, 0.15) is 25.5 Å². The molecule has 0 spiro atoms. The van der Waals surface area contributed by atoms with Crippen molar-refractivity contribution in [3.8, 4) is 11.5 Å². The summed E-state index contributed by atoms with van der Waals surface area (Å²) in [7, 11) is 0. The Bertz CT molecular complexity index is 727. The molecule has 0 saturated carbocycles. The summed E-state index contributed by atoms with van der Waals surface area (Å²) in [6, 6.07) is 0.606. The Morgan fingerprint density at radius 2 is 1.96 bits per heavy atom. The fraction of sp³-hybridized carbons (Fsp3) is 0.500. The second-order valence-corrected chi connectivity index (χ2v) is 5.73. The van der Waals surface area contributed by atoms with Crippen molar-refractivity contribution in [3.05, 3.63) is 23.8 Å². The Labute approximate surface area is 152 Å². The molecular weight excluding hydrogens is 373 g/mol. The van der Waals surface area contributed by atoms with Crippen molar-refractivity contribution >= 4 is 12.0 Å². The van der Waals surface area contributed by atoms with Gasteiger partial charge in [-0.1, -0.05) is 6.07 Å². The van der Waals surface area contributed by atoms with Crippen LogP contribution in [0.5, 0.6) is 11.5 Å². The molecule has 2 rings (SSSR count). The molecule has 1 heterocycles. The van der Waals surface area contributed by atoms with E-state index in [1.54, 1.807) is 6.92 Å². The van der Waals surface area contributed by atoms with Gasteiger partial charge in [0.25, 0.3) is 5.72 Å². The molecule has 0 radical (unpaired) electrons. The van der Waals surface area contributed by atoms with Crippen molar-refractivity contribution < 1.29 is 42.4 Å². The monoisotopic (exact) mass is 392 g/mol. The van der Waals surface area contributed by atoms with Crippen molar-refractivity contribution in [2.24, 2.45) is 5.92 Å². The SMILES string of the molecule is CCOC(=O)[C@@H]1[C@@H](c2ccc(O)c(OCC)c2)NC(=O)N[C@]1(O)C(F)(F)F. The van der Waals surface area contributed by atoms with E-state index in [4.69, 9.17) is 4.74 Å². The molecule has 1 saturated heterocycles. The summed E-state index contributed by atoms with van der Waals surface area (Å²) in [4.78, 5) is 24.1. The average Bonchev–Trinajstić information content (AvgIpc) is 2.55. The van der Waals surface area contributed by atoms with E-state index in [0.29, 0.717) is 0 Å². The fourth-order valence-corrected chi connectivity index (χ4v) is 2.81. The van der Waals surface area contributed by atoms with Crippen LogP contribution in [-0.4, -0.2) is 47.3 Å². The summed E-state index contributed by atoms with van der Waals surface area (Å²) in [6.45, 7) is 2.94. The van der Waals surface area contributed by atoms with Gasteiger partial charge in [-0.25, -0.2) is 4.79 Å². The number of urea groups is 1. The van der Waals surface area contributed by atoms with Crippen LogP contribution in [0, 0.1) is 5.92 Å². The quantitative estimate of drug-likeness (QED) is 0.565. The number of esters is 1. The lowest BCUT2D eigenvalue weighted by Crippen LogP contribution is -2.73. The summed E-state index contributed by atoms with van der Waals surface area (Å²) < 4.78 is 50.5. The molecule has 0 aromatic heterocycles. The van der Waals surface area contributed by atoms with Gasteiger partial charge in [0, 0.05) is 0 Å². The second kappa shape index (κ2) is 7.51. The topological polar surface area (TPSA) is 117 Å². The molecule has 8 nitrogen and oxygen atoms in total. The van der Waals surface area contributed by atoms with Gasteiger partial charge in [-0.3, -0.25) is 4.79 Å². The first-order valence-corrected chi connectivity index (χ1v) is 8.05. The van der Waals surface area contributed by atoms with Gasteiger partial charge in [0.2, 0.25) is 0 Å². The Morgan fingerprint density at radius 1 is 1.30 bits per heavy atom.